The Labute approximate surface area is 156 Å². The van der Waals surface area contributed by atoms with Crippen LogP contribution in [0.15, 0.2) is 42.5 Å². The summed E-state index contributed by atoms with van der Waals surface area (Å²) in [5, 5.41) is 3.16. The number of hydrogen-bond acceptors (Lipinski definition) is 2. The van der Waals surface area contributed by atoms with Gasteiger partial charge in [-0.1, -0.05) is 37.3 Å². The van der Waals surface area contributed by atoms with Crippen molar-refractivity contribution in [3.63, 3.8) is 0 Å². The van der Waals surface area contributed by atoms with Crippen molar-refractivity contribution in [2.45, 2.75) is 65.0 Å². The second kappa shape index (κ2) is 8.39. The largest absolute Gasteiger partial charge is 0.481 e. The Kier molecular flexibility index (Phi) is 5.97. The SMILES string of the molecule is CC[C@@H](NC(=O)[C@H](C)Oc1cccc(C)c1)c1ccc2c(c1)CCCC2. The molecule has 3 heteroatoms. The molecule has 2 aromatic rings. The van der Waals surface area contributed by atoms with Crippen molar-refractivity contribution < 1.29 is 9.53 Å². The van der Waals surface area contributed by atoms with Gasteiger partial charge in [-0.3, -0.25) is 4.79 Å². The summed E-state index contributed by atoms with van der Waals surface area (Å²) < 4.78 is 5.82. The first-order valence-corrected chi connectivity index (χ1v) is 9.72. The molecule has 0 unspecified atom stereocenters. The number of carbonyl (C=O) groups excluding carboxylic acids is 1. The number of ether oxygens (including phenoxy) is 1. The van der Waals surface area contributed by atoms with E-state index in [-0.39, 0.29) is 11.9 Å². The lowest BCUT2D eigenvalue weighted by Crippen LogP contribution is -2.38. The van der Waals surface area contributed by atoms with Crippen LogP contribution in [0.1, 0.15) is 61.4 Å². The summed E-state index contributed by atoms with van der Waals surface area (Å²) >= 11 is 0. The molecule has 26 heavy (non-hydrogen) atoms. The molecule has 2 atom stereocenters. The van der Waals surface area contributed by atoms with Crippen LogP contribution in [-0.2, 0) is 17.6 Å². The van der Waals surface area contributed by atoms with Gasteiger partial charge in [-0.15, -0.1) is 0 Å². The van der Waals surface area contributed by atoms with Gasteiger partial charge in [0.15, 0.2) is 6.10 Å². The summed E-state index contributed by atoms with van der Waals surface area (Å²) in [6, 6.07) is 14.5. The predicted octanol–water partition coefficient (Wildman–Crippen LogP) is 4.91. The highest BCUT2D eigenvalue weighted by Gasteiger charge is 2.20. The van der Waals surface area contributed by atoms with Crippen LogP contribution in [0.2, 0.25) is 0 Å². The maximum Gasteiger partial charge on any atom is 0.261 e. The third-order valence-corrected chi connectivity index (χ3v) is 5.17. The van der Waals surface area contributed by atoms with Gasteiger partial charge in [-0.05, 0) is 80.3 Å². The van der Waals surface area contributed by atoms with E-state index in [9.17, 15) is 4.79 Å². The van der Waals surface area contributed by atoms with E-state index in [1.165, 1.54) is 36.0 Å². The number of amides is 1. The molecule has 138 valence electrons. The summed E-state index contributed by atoms with van der Waals surface area (Å²) in [7, 11) is 0. The van der Waals surface area contributed by atoms with E-state index in [1.807, 2.05) is 31.2 Å². The zero-order chi connectivity index (χ0) is 18.5. The molecule has 1 aliphatic carbocycles. The van der Waals surface area contributed by atoms with Crippen LogP contribution < -0.4 is 10.1 Å². The van der Waals surface area contributed by atoms with Gasteiger partial charge in [-0.2, -0.15) is 0 Å². The number of benzene rings is 2. The van der Waals surface area contributed by atoms with Crippen molar-refractivity contribution in [3.8, 4) is 5.75 Å². The lowest BCUT2D eigenvalue weighted by Gasteiger charge is -2.23. The summed E-state index contributed by atoms with van der Waals surface area (Å²) in [5.41, 5.74) is 5.24. The van der Waals surface area contributed by atoms with Gasteiger partial charge >= 0.3 is 0 Å². The fourth-order valence-corrected chi connectivity index (χ4v) is 3.63. The molecule has 0 aliphatic heterocycles. The number of aryl methyl sites for hydroxylation is 3. The molecule has 0 fully saturated rings. The van der Waals surface area contributed by atoms with Crippen LogP contribution in [0, 0.1) is 6.92 Å². The fraction of sp³-hybridized carbons (Fsp3) is 0.435. The molecule has 0 saturated heterocycles. The fourth-order valence-electron chi connectivity index (χ4n) is 3.63. The minimum atomic E-state index is -0.525. The molecule has 1 aliphatic rings. The lowest BCUT2D eigenvalue weighted by molar-refractivity contribution is -0.128. The number of nitrogens with one attached hydrogen (secondary N) is 1. The number of rotatable bonds is 6. The first kappa shape index (κ1) is 18.5. The highest BCUT2D eigenvalue weighted by molar-refractivity contribution is 5.81. The van der Waals surface area contributed by atoms with Gasteiger partial charge in [0.05, 0.1) is 6.04 Å². The van der Waals surface area contributed by atoms with E-state index in [4.69, 9.17) is 4.74 Å². The molecule has 0 radical (unpaired) electrons. The smallest absolute Gasteiger partial charge is 0.261 e. The van der Waals surface area contributed by atoms with Crippen molar-refractivity contribution in [2.75, 3.05) is 0 Å². The number of fused-ring (bicyclic) bond motifs is 1. The Bertz CT molecular complexity index is 769. The van der Waals surface area contributed by atoms with Gasteiger partial charge in [0, 0.05) is 0 Å². The first-order valence-electron chi connectivity index (χ1n) is 9.72. The average Bonchev–Trinajstić information content (AvgIpc) is 2.65. The standard InChI is InChI=1S/C23H29NO2/c1-4-22(20-13-12-18-9-5-6-10-19(18)15-20)24-23(25)17(3)26-21-11-7-8-16(2)14-21/h7-8,11-15,17,22H,4-6,9-10H2,1-3H3,(H,24,25)/t17-,22+/m0/s1. The third-order valence-electron chi connectivity index (χ3n) is 5.17. The minimum absolute atomic E-state index is 0.0262. The second-order valence-corrected chi connectivity index (χ2v) is 7.28. The average molecular weight is 351 g/mol. The molecule has 0 heterocycles. The van der Waals surface area contributed by atoms with Gasteiger partial charge in [0.1, 0.15) is 5.75 Å². The quantitative estimate of drug-likeness (QED) is 0.803. The lowest BCUT2D eigenvalue weighted by atomic mass is 9.89. The van der Waals surface area contributed by atoms with Crippen molar-refractivity contribution in [1.82, 2.24) is 5.32 Å². The number of hydrogen-bond donors (Lipinski definition) is 1. The Morgan fingerprint density at radius 3 is 2.62 bits per heavy atom. The molecule has 0 spiro atoms. The highest BCUT2D eigenvalue weighted by atomic mass is 16.5. The van der Waals surface area contributed by atoms with Crippen LogP contribution in [-0.4, -0.2) is 12.0 Å². The van der Waals surface area contributed by atoms with Crippen LogP contribution in [0.4, 0.5) is 0 Å². The molecule has 0 aromatic heterocycles. The minimum Gasteiger partial charge on any atom is -0.481 e. The van der Waals surface area contributed by atoms with Gasteiger partial charge in [-0.25, -0.2) is 0 Å². The molecule has 0 bridgehead atoms. The molecular formula is C23H29NO2. The van der Waals surface area contributed by atoms with E-state index >= 15 is 0 Å². The molecule has 0 saturated carbocycles. The third kappa shape index (κ3) is 4.46. The van der Waals surface area contributed by atoms with E-state index in [0.717, 1.165) is 24.2 Å². The monoisotopic (exact) mass is 351 g/mol. The topological polar surface area (TPSA) is 38.3 Å². The Morgan fingerprint density at radius 1 is 1.12 bits per heavy atom. The van der Waals surface area contributed by atoms with Crippen molar-refractivity contribution in [2.24, 2.45) is 0 Å². The van der Waals surface area contributed by atoms with Gasteiger partial charge < -0.3 is 10.1 Å². The predicted molar refractivity (Wildman–Crippen MR) is 106 cm³/mol. The normalized spacial score (nSPS) is 15.7. The van der Waals surface area contributed by atoms with E-state index in [0.29, 0.717) is 0 Å². The molecule has 1 N–H and O–H groups in total. The number of carbonyl (C=O) groups is 1. The van der Waals surface area contributed by atoms with E-state index < -0.39 is 6.10 Å². The van der Waals surface area contributed by atoms with Crippen molar-refractivity contribution >= 4 is 5.91 Å². The summed E-state index contributed by atoms with van der Waals surface area (Å²) in [6.45, 7) is 5.93. The molecule has 1 amide bonds. The summed E-state index contributed by atoms with van der Waals surface area (Å²) in [4.78, 5) is 12.6. The maximum atomic E-state index is 12.6. The first-order chi connectivity index (χ1) is 12.6. The van der Waals surface area contributed by atoms with Crippen LogP contribution in [0.3, 0.4) is 0 Å². The van der Waals surface area contributed by atoms with E-state index in [1.54, 1.807) is 6.92 Å². The zero-order valence-electron chi connectivity index (χ0n) is 16.0. The summed E-state index contributed by atoms with van der Waals surface area (Å²) in [5.74, 6) is 0.658. The molecule has 3 rings (SSSR count). The Morgan fingerprint density at radius 2 is 1.88 bits per heavy atom. The Balaban J connectivity index is 1.66. The van der Waals surface area contributed by atoms with Crippen molar-refractivity contribution in [3.05, 3.63) is 64.7 Å². The molecular weight excluding hydrogens is 322 g/mol. The Hall–Kier alpha value is -2.29. The van der Waals surface area contributed by atoms with Crippen LogP contribution in [0.5, 0.6) is 5.75 Å². The van der Waals surface area contributed by atoms with E-state index in [2.05, 4.69) is 30.4 Å². The van der Waals surface area contributed by atoms with Crippen LogP contribution in [0.25, 0.3) is 0 Å². The second-order valence-electron chi connectivity index (χ2n) is 7.28. The van der Waals surface area contributed by atoms with Gasteiger partial charge in [0.25, 0.3) is 5.91 Å². The highest BCUT2D eigenvalue weighted by Crippen LogP contribution is 2.26. The van der Waals surface area contributed by atoms with Crippen LogP contribution >= 0.6 is 0 Å². The zero-order valence-corrected chi connectivity index (χ0v) is 16.0. The maximum absolute atomic E-state index is 12.6. The summed E-state index contributed by atoms with van der Waals surface area (Å²) in [6.07, 6.45) is 5.22. The van der Waals surface area contributed by atoms with Crippen molar-refractivity contribution in [1.29, 1.82) is 0 Å². The molecule has 3 nitrogen and oxygen atoms in total. The molecule has 2 aromatic carbocycles. The van der Waals surface area contributed by atoms with Gasteiger partial charge in [0.2, 0.25) is 0 Å².